The molecule has 4 rings (SSSR count). The molecule has 2 aromatic heterocycles. The summed E-state index contributed by atoms with van der Waals surface area (Å²) in [6.07, 6.45) is 9.03. The maximum absolute atomic E-state index is 12.6. The molecule has 0 atom stereocenters. The van der Waals surface area contributed by atoms with Gasteiger partial charge in [0.05, 0.1) is 9.93 Å². The van der Waals surface area contributed by atoms with Gasteiger partial charge in [-0.15, -0.1) is 24.2 Å². The molecule has 5 nitrogen and oxygen atoms in total. The minimum absolute atomic E-state index is 0. The van der Waals surface area contributed by atoms with Gasteiger partial charge in [-0.25, -0.2) is 4.98 Å². The number of halogens is 1. The Kier molecular flexibility index (Phi) is 8.63. The lowest BCUT2D eigenvalue weighted by Gasteiger charge is -2.12. The first kappa shape index (κ1) is 23.4. The van der Waals surface area contributed by atoms with Gasteiger partial charge in [-0.05, 0) is 60.9 Å². The topological polar surface area (TPSA) is 54.7 Å². The third-order valence-electron chi connectivity index (χ3n) is 4.90. The molecule has 0 N–H and O–H groups in total. The fraction of sp³-hybridized carbons (Fsp3) is 0.261. The summed E-state index contributed by atoms with van der Waals surface area (Å²) in [5.41, 5.74) is 2.17. The Bertz CT molecular complexity index is 1070. The molecule has 3 aromatic rings. The number of imide groups is 1. The molecule has 3 heterocycles. The van der Waals surface area contributed by atoms with Crippen LogP contribution in [0.3, 0.4) is 0 Å². The first-order chi connectivity index (χ1) is 14.7. The average Bonchev–Trinajstić information content (AvgIpc) is 3.34. The highest BCUT2D eigenvalue weighted by atomic mass is 35.5. The van der Waals surface area contributed by atoms with E-state index in [1.165, 1.54) is 10.5 Å². The largest absolute Gasteiger partial charge is 0.294 e. The number of thioether (sulfide) groups is 2. The molecule has 1 aromatic carbocycles. The van der Waals surface area contributed by atoms with E-state index in [-0.39, 0.29) is 23.6 Å². The molecule has 1 saturated heterocycles. The molecular formula is C23H24ClN3O2S2. The van der Waals surface area contributed by atoms with Crippen LogP contribution in [0.25, 0.3) is 5.65 Å². The highest BCUT2D eigenvalue weighted by Gasteiger charge is 2.34. The summed E-state index contributed by atoms with van der Waals surface area (Å²) in [5, 5.41) is 0.999. The minimum Gasteiger partial charge on any atom is -0.294 e. The van der Waals surface area contributed by atoms with Gasteiger partial charge < -0.3 is 0 Å². The van der Waals surface area contributed by atoms with Crippen molar-refractivity contribution >= 4 is 52.7 Å². The summed E-state index contributed by atoms with van der Waals surface area (Å²) < 4.78 is 2.07. The number of nitrogens with zero attached hydrogens (tertiary/aromatic N) is 3. The maximum Gasteiger partial charge on any atom is 0.293 e. The Balaban J connectivity index is 0.00000272. The number of unbranched alkanes of at least 4 members (excludes halogenated alkanes) is 1. The highest BCUT2D eigenvalue weighted by molar-refractivity contribution is 8.18. The Labute approximate surface area is 196 Å². The molecule has 1 fully saturated rings. The van der Waals surface area contributed by atoms with Crippen LogP contribution < -0.4 is 0 Å². The van der Waals surface area contributed by atoms with Crippen LogP contribution in [-0.2, 0) is 11.2 Å². The van der Waals surface area contributed by atoms with Crippen LogP contribution in [-0.4, -0.2) is 37.7 Å². The number of hydrogen-bond acceptors (Lipinski definition) is 5. The van der Waals surface area contributed by atoms with Gasteiger partial charge in [0.2, 0.25) is 0 Å². The van der Waals surface area contributed by atoms with Crippen molar-refractivity contribution in [3.8, 4) is 0 Å². The van der Waals surface area contributed by atoms with Crippen molar-refractivity contribution in [1.29, 1.82) is 0 Å². The Morgan fingerprint density at radius 1 is 1.03 bits per heavy atom. The number of imidazole rings is 1. The number of benzene rings is 1. The van der Waals surface area contributed by atoms with E-state index in [1.54, 1.807) is 18.0 Å². The number of amides is 2. The zero-order chi connectivity index (χ0) is 20.8. The highest BCUT2D eigenvalue weighted by Crippen LogP contribution is 2.31. The standard InChI is InChI=1S/C23H23N3O2S2.ClH/c27-22-19(11-6-10-18-8-2-1-3-9-18)30-23(28)26(22)15-4-5-17-29-21-13-7-12-20-24-14-16-25(20)21;/h1-3,7-9,11-14,16H,4-6,10,15,17H2;1H/b19-11+;. The second-order valence-electron chi connectivity index (χ2n) is 6.99. The second-order valence-corrected chi connectivity index (χ2v) is 9.10. The number of aryl methyl sites for hydroxylation is 1. The molecule has 31 heavy (non-hydrogen) atoms. The van der Waals surface area contributed by atoms with Crippen LogP contribution in [0.5, 0.6) is 0 Å². The molecule has 0 radical (unpaired) electrons. The molecule has 1 aliphatic heterocycles. The molecule has 162 valence electrons. The fourth-order valence-corrected chi connectivity index (χ4v) is 5.23. The van der Waals surface area contributed by atoms with E-state index in [0.29, 0.717) is 11.4 Å². The van der Waals surface area contributed by atoms with Crippen molar-refractivity contribution in [2.45, 2.75) is 30.7 Å². The van der Waals surface area contributed by atoms with Crippen LogP contribution in [0.2, 0.25) is 0 Å². The molecule has 8 heteroatoms. The van der Waals surface area contributed by atoms with Crippen molar-refractivity contribution in [1.82, 2.24) is 14.3 Å². The van der Waals surface area contributed by atoms with Gasteiger partial charge in [-0.1, -0.05) is 42.5 Å². The maximum atomic E-state index is 12.6. The zero-order valence-corrected chi connectivity index (χ0v) is 19.4. The number of carbonyl (C=O) groups is 2. The van der Waals surface area contributed by atoms with Crippen LogP contribution in [0.1, 0.15) is 24.8 Å². The van der Waals surface area contributed by atoms with Crippen molar-refractivity contribution < 1.29 is 9.59 Å². The minimum atomic E-state index is -0.151. The van der Waals surface area contributed by atoms with E-state index in [0.717, 1.165) is 53.9 Å². The Morgan fingerprint density at radius 3 is 2.71 bits per heavy atom. The van der Waals surface area contributed by atoms with Gasteiger partial charge >= 0.3 is 0 Å². The normalized spacial score (nSPS) is 15.1. The summed E-state index contributed by atoms with van der Waals surface area (Å²) in [6, 6.07) is 16.2. The summed E-state index contributed by atoms with van der Waals surface area (Å²) in [6.45, 7) is 0.483. The van der Waals surface area contributed by atoms with E-state index < -0.39 is 0 Å². The lowest BCUT2D eigenvalue weighted by Crippen LogP contribution is -2.29. The Morgan fingerprint density at radius 2 is 1.87 bits per heavy atom. The van der Waals surface area contributed by atoms with Crippen LogP contribution in [0.15, 0.2) is 76.9 Å². The summed E-state index contributed by atoms with van der Waals surface area (Å²) >= 11 is 2.83. The van der Waals surface area contributed by atoms with E-state index >= 15 is 0 Å². The molecule has 0 spiro atoms. The quantitative estimate of drug-likeness (QED) is 0.222. The number of rotatable bonds is 9. The number of hydrogen-bond donors (Lipinski definition) is 0. The summed E-state index contributed by atoms with van der Waals surface area (Å²) in [7, 11) is 0. The lowest BCUT2D eigenvalue weighted by molar-refractivity contribution is -0.122. The Hall–Kier alpha value is -2.22. The van der Waals surface area contributed by atoms with E-state index in [4.69, 9.17) is 0 Å². The predicted molar refractivity (Wildman–Crippen MR) is 130 cm³/mol. The number of aromatic nitrogens is 2. The van der Waals surface area contributed by atoms with Crippen LogP contribution in [0, 0.1) is 0 Å². The zero-order valence-electron chi connectivity index (χ0n) is 17.0. The van der Waals surface area contributed by atoms with Gasteiger partial charge in [0.25, 0.3) is 11.1 Å². The van der Waals surface area contributed by atoms with Crippen LogP contribution >= 0.6 is 35.9 Å². The van der Waals surface area contributed by atoms with E-state index in [1.807, 2.05) is 42.6 Å². The number of carbonyl (C=O) groups excluding carboxylic acids is 2. The van der Waals surface area contributed by atoms with Crippen molar-refractivity contribution in [3.63, 3.8) is 0 Å². The van der Waals surface area contributed by atoms with Crippen molar-refractivity contribution in [2.75, 3.05) is 12.3 Å². The summed E-state index contributed by atoms with van der Waals surface area (Å²) in [4.78, 5) is 31.1. The van der Waals surface area contributed by atoms with Gasteiger partial charge in [-0.2, -0.15) is 0 Å². The van der Waals surface area contributed by atoms with Gasteiger partial charge in [0.15, 0.2) is 0 Å². The van der Waals surface area contributed by atoms with Gasteiger partial charge in [-0.3, -0.25) is 18.9 Å². The number of allylic oxidation sites excluding steroid dienone is 1. The average molecular weight is 474 g/mol. The number of pyridine rings is 1. The van der Waals surface area contributed by atoms with Gasteiger partial charge in [0, 0.05) is 18.9 Å². The van der Waals surface area contributed by atoms with Gasteiger partial charge in [0.1, 0.15) is 5.65 Å². The van der Waals surface area contributed by atoms with Crippen molar-refractivity contribution in [3.05, 3.63) is 77.5 Å². The number of fused-ring (bicyclic) bond motifs is 1. The smallest absolute Gasteiger partial charge is 0.293 e. The van der Waals surface area contributed by atoms with Crippen molar-refractivity contribution in [2.24, 2.45) is 0 Å². The second kappa shape index (κ2) is 11.4. The SMILES string of the molecule is Cl.O=C1S/C(=C/CCc2ccccc2)C(=O)N1CCCCSc1cccc2nccn12. The van der Waals surface area contributed by atoms with E-state index in [9.17, 15) is 9.59 Å². The van der Waals surface area contributed by atoms with E-state index in [2.05, 4.69) is 27.6 Å². The molecule has 0 unspecified atom stereocenters. The third kappa shape index (κ3) is 5.93. The summed E-state index contributed by atoms with van der Waals surface area (Å²) in [5.74, 6) is 0.786. The third-order valence-corrected chi connectivity index (χ3v) is 6.97. The van der Waals surface area contributed by atoms with Crippen LogP contribution in [0.4, 0.5) is 4.79 Å². The predicted octanol–water partition coefficient (Wildman–Crippen LogP) is 5.84. The first-order valence-corrected chi connectivity index (χ1v) is 11.9. The molecule has 0 aliphatic carbocycles. The molecular weight excluding hydrogens is 450 g/mol. The molecule has 2 amide bonds. The molecule has 0 saturated carbocycles. The monoisotopic (exact) mass is 473 g/mol. The molecule has 1 aliphatic rings. The molecule has 0 bridgehead atoms. The fourth-order valence-electron chi connectivity index (χ4n) is 3.33. The first-order valence-electron chi connectivity index (χ1n) is 10.0. The lowest BCUT2D eigenvalue weighted by atomic mass is 10.1.